The number of hydrogen-bond acceptors (Lipinski definition) is 5. The summed E-state index contributed by atoms with van der Waals surface area (Å²) in [5.74, 6) is -2.33. The summed E-state index contributed by atoms with van der Waals surface area (Å²) in [4.78, 5) is 0. The highest BCUT2D eigenvalue weighted by Gasteiger charge is 2.37. The normalized spacial score (nSPS) is 14.8. The van der Waals surface area contributed by atoms with Crippen LogP contribution in [0.25, 0.3) is 0 Å². The molecule has 0 heterocycles. The lowest BCUT2D eigenvalue weighted by molar-refractivity contribution is -0.253. The largest absolute Gasteiger partial charge is 0.394 e. The molecule has 0 aromatic heterocycles. The molecule has 0 amide bonds. The second-order valence-corrected chi connectivity index (χ2v) is 7.07. The molecule has 0 saturated heterocycles. The highest BCUT2D eigenvalue weighted by molar-refractivity contribution is 4.80. The maximum atomic E-state index is 9.70. The van der Waals surface area contributed by atoms with Crippen LogP contribution in [0.15, 0.2) is 0 Å². The summed E-state index contributed by atoms with van der Waals surface area (Å²) in [6.45, 7) is 1.55. The maximum Gasteiger partial charge on any atom is 0.192 e. The maximum absolute atomic E-state index is 9.70. The van der Waals surface area contributed by atoms with Gasteiger partial charge < -0.3 is 25.5 Å². The van der Waals surface area contributed by atoms with Crippen LogP contribution < -0.4 is 0 Å². The van der Waals surface area contributed by atoms with Gasteiger partial charge in [0.05, 0.1) is 6.61 Å². The van der Waals surface area contributed by atoms with Gasteiger partial charge in [0.2, 0.25) is 0 Å². The summed E-state index contributed by atoms with van der Waals surface area (Å²) in [5.41, 5.74) is 0. The number of rotatable bonds is 17. The molecule has 2 atom stereocenters. The van der Waals surface area contributed by atoms with E-state index in [-0.39, 0.29) is 6.42 Å². The van der Waals surface area contributed by atoms with Gasteiger partial charge in [0.25, 0.3) is 0 Å². The molecule has 0 saturated carbocycles. The fraction of sp³-hybridized carbons (Fsp3) is 1.00. The van der Waals surface area contributed by atoms with Crippen molar-refractivity contribution in [1.29, 1.82) is 0 Å². The zero-order chi connectivity index (χ0) is 18.3. The van der Waals surface area contributed by atoms with Gasteiger partial charge in [0.15, 0.2) is 5.79 Å². The quantitative estimate of drug-likeness (QED) is 0.205. The lowest BCUT2D eigenvalue weighted by Crippen LogP contribution is -2.50. The molecule has 0 rings (SSSR count). The summed E-state index contributed by atoms with van der Waals surface area (Å²) in [6, 6.07) is 0. The highest BCUT2D eigenvalue weighted by Crippen LogP contribution is 2.20. The average Bonchev–Trinajstić information content (AvgIpc) is 2.57. The molecule has 0 aliphatic rings. The first kappa shape index (κ1) is 23.8. The van der Waals surface area contributed by atoms with Crippen molar-refractivity contribution in [3.8, 4) is 0 Å². The Morgan fingerprint density at radius 2 is 1.04 bits per heavy atom. The van der Waals surface area contributed by atoms with Gasteiger partial charge in [0, 0.05) is 6.42 Å². The summed E-state index contributed by atoms with van der Waals surface area (Å²) in [6.07, 6.45) is 12.3. The fourth-order valence-corrected chi connectivity index (χ4v) is 2.96. The third kappa shape index (κ3) is 12.2. The molecule has 2 unspecified atom stereocenters. The van der Waals surface area contributed by atoms with Crippen molar-refractivity contribution in [3.63, 3.8) is 0 Å². The molecule has 0 radical (unpaired) electrons. The van der Waals surface area contributed by atoms with Gasteiger partial charge in [-0.25, -0.2) is 0 Å². The van der Waals surface area contributed by atoms with Crippen molar-refractivity contribution in [1.82, 2.24) is 0 Å². The van der Waals surface area contributed by atoms with Crippen LogP contribution in [0.4, 0.5) is 0 Å². The first-order valence-corrected chi connectivity index (χ1v) is 9.87. The Morgan fingerprint density at radius 3 is 1.42 bits per heavy atom. The van der Waals surface area contributed by atoms with Crippen LogP contribution >= 0.6 is 0 Å². The Morgan fingerprint density at radius 1 is 0.667 bits per heavy atom. The minimum atomic E-state index is -2.33. The summed E-state index contributed by atoms with van der Waals surface area (Å²) < 4.78 is 0. The Balaban J connectivity index is 3.41. The number of aliphatic hydroxyl groups is 5. The molecule has 0 bridgehead atoms. The lowest BCUT2D eigenvalue weighted by Gasteiger charge is -2.30. The number of unbranched alkanes of at least 4 members (excludes halogenated alkanes) is 12. The van der Waals surface area contributed by atoms with Gasteiger partial charge in [-0.05, 0) is 6.42 Å². The molecule has 5 heteroatoms. The van der Waals surface area contributed by atoms with Crippen molar-refractivity contribution in [2.75, 3.05) is 6.61 Å². The van der Waals surface area contributed by atoms with E-state index < -0.39 is 24.6 Å². The van der Waals surface area contributed by atoms with E-state index in [4.69, 9.17) is 5.11 Å². The Kier molecular flexibility index (Phi) is 15.0. The summed E-state index contributed by atoms with van der Waals surface area (Å²) in [7, 11) is 0. The lowest BCUT2D eigenvalue weighted by atomic mass is 9.97. The van der Waals surface area contributed by atoms with Gasteiger partial charge >= 0.3 is 0 Å². The molecule has 5 N–H and O–H groups in total. The molecular formula is C19H40O5. The number of hydrogen-bond donors (Lipinski definition) is 5. The monoisotopic (exact) mass is 348 g/mol. The van der Waals surface area contributed by atoms with Crippen LogP contribution in [0.1, 0.15) is 96.8 Å². The van der Waals surface area contributed by atoms with E-state index in [9.17, 15) is 20.4 Å². The smallest absolute Gasteiger partial charge is 0.192 e. The van der Waals surface area contributed by atoms with E-state index in [1.54, 1.807) is 0 Å². The van der Waals surface area contributed by atoms with E-state index in [0.29, 0.717) is 6.42 Å². The van der Waals surface area contributed by atoms with Crippen LogP contribution in [-0.4, -0.2) is 50.1 Å². The molecule has 146 valence electrons. The molecule has 0 aromatic carbocycles. The topological polar surface area (TPSA) is 101 Å². The van der Waals surface area contributed by atoms with Crippen LogP contribution in [-0.2, 0) is 0 Å². The van der Waals surface area contributed by atoms with Crippen LogP contribution in [0.5, 0.6) is 0 Å². The van der Waals surface area contributed by atoms with Crippen LogP contribution in [0.2, 0.25) is 0 Å². The van der Waals surface area contributed by atoms with Crippen molar-refractivity contribution in [2.45, 2.75) is 115 Å². The van der Waals surface area contributed by atoms with E-state index in [2.05, 4.69) is 6.92 Å². The third-order valence-corrected chi connectivity index (χ3v) is 4.67. The second kappa shape index (κ2) is 15.1. The zero-order valence-corrected chi connectivity index (χ0v) is 15.5. The van der Waals surface area contributed by atoms with Crippen molar-refractivity contribution >= 4 is 0 Å². The van der Waals surface area contributed by atoms with Gasteiger partial charge in [-0.3, -0.25) is 0 Å². The van der Waals surface area contributed by atoms with Crippen LogP contribution in [0.3, 0.4) is 0 Å². The molecule has 0 spiro atoms. The van der Waals surface area contributed by atoms with Crippen molar-refractivity contribution in [2.24, 2.45) is 0 Å². The van der Waals surface area contributed by atoms with E-state index in [1.165, 1.54) is 57.8 Å². The van der Waals surface area contributed by atoms with E-state index in [0.717, 1.165) is 19.3 Å². The minimum absolute atomic E-state index is 0.00296. The zero-order valence-electron chi connectivity index (χ0n) is 15.5. The summed E-state index contributed by atoms with van der Waals surface area (Å²) in [5, 5.41) is 46.9. The van der Waals surface area contributed by atoms with Gasteiger partial charge in [0.1, 0.15) is 12.2 Å². The predicted molar refractivity (Wildman–Crippen MR) is 96.6 cm³/mol. The SMILES string of the molecule is CCCCCCCCCCCCCCCC(O)(O)C(O)C(O)CO. The van der Waals surface area contributed by atoms with Crippen molar-refractivity contribution in [3.05, 3.63) is 0 Å². The molecule has 5 nitrogen and oxygen atoms in total. The van der Waals surface area contributed by atoms with Gasteiger partial charge in [-0.15, -0.1) is 0 Å². The molecular weight excluding hydrogens is 308 g/mol. The first-order valence-electron chi connectivity index (χ1n) is 9.87. The minimum Gasteiger partial charge on any atom is -0.394 e. The molecule has 0 aromatic rings. The predicted octanol–water partition coefficient (Wildman–Crippen LogP) is 2.86. The van der Waals surface area contributed by atoms with Crippen molar-refractivity contribution < 1.29 is 25.5 Å². The first-order chi connectivity index (χ1) is 11.5. The molecule has 0 aliphatic carbocycles. The Hall–Kier alpha value is -0.200. The van der Waals surface area contributed by atoms with E-state index >= 15 is 0 Å². The molecule has 0 fully saturated rings. The average molecular weight is 349 g/mol. The molecule has 0 aliphatic heterocycles. The third-order valence-electron chi connectivity index (χ3n) is 4.67. The molecule has 24 heavy (non-hydrogen) atoms. The van der Waals surface area contributed by atoms with Crippen LogP contribution in [0, 0.1) is 0 Å². The van der Waals surface area contributed by atoms with Gasteiger partial charge in [-0.2, -0.15) is 0 Å². The number of aliphatic hydroxyl groups excluding tert-OH is 3. The highest BCUT2D eigenvalue weighted by atomic mass is 16.5. The van der Waals surface area contributed by atoms with Gasteiger partial charge in [-0.1, -0.05) is 84.0 Å². The Bertz CT molecular complexity index is 270. The summed E-state index contributed by atoms with van der Waals surface area (Å²) >= 11 is 0. The standard InChI is InChI=1S/C19H40O5/c1-2-3-4-5-6-7-8-9-10-11-12-13-14-15-19(23,24)18(22)17(21)16-20/h17-18,20-24H,2-16H2,1H3. The Labute approximate surface area is 147 Å². The van der Waals surface area contributed by atoms with E-state index in [1.807, 2.05) is 0 Å². The second-order valence-electron chi connectivity index (χ2n) is 7.07. The fourth-order valence-electron chi connectivity index (χ4n) is 2.96.